The first-order valence-electron chi connectivity index (χ1n) is 9.03. The summed E-state index contributed by atoms with van der Waals surface area (Å²) in [5.74, 6) is 0.612. The van der Waals surface area contributed by atoms with E-state index in [1.807, 2.05) is 30.3 Å². The number of para-hydroxylation sites is 1. The van der Waals surface area contributed by atoms with Gasteiger partial charge in [0.1, 0.15) is 11.8 Å². The quantitative estimate of drug-likeness (QED) is 0.781. The Kier molecular flexibility index (Phi) is 4.79. The van der Waals surface area contributed by atoms with E-state index < -0.39 is 16.1 Å². The lowest BCUT2D eigenvalue weighted by Crippen LogP contribution is -2.53. The van der Waals surface area contributed by atoms with Crippen LogP contribution in [0.3, 0.4) is 0 Å². The maximum Gasteiger partial charge on any atom is 0.264 e. The predicted molar refractivity (Wildman–Crippen MR) is 101 cm³/mol. The van der Waals surface area contributed by atoms with Crippen molar-refractivity contribution in [3.63, 3.8) is 0 Å². The highest BCUT2D eigenvalue weighted by Gasteiger charge is 2.36. The Morgan fingerprint density at radius 1 is 1.04 bits per heavy atom. The molecule has 2 aromatic rings. The lowest BCUT2D eigenvalue weighted by molar-refractivity contribution is -0.139. The van der Waals surface area contributed by atoms with Crippen LogP contribution in [0.25, 0.3) is 0 Å². The summed E-state index contributed by atoms with van der Waals surface area (Å²) in [6.07, 6.45) is -0.0249. The molecule has 1 fully saturated rings. The number of piperazine rings is 1. The lowest BCUT2D eigenvalue weighted by Gasteiger charge is -2.35. The van der Waals surface area contributed by atoms with Crippen molar-refractivity contribution in [2.45, 2.75) is 17.4 Å². The van der Waals surface area contributed by atoms with Crippen LogP contribution in [-0.4, -0.2) is 55.8 Å². The largest absolute Gasteiger partial charge is 0.480 e. The van der Waals surface area contributed by atoms with E-state index in [0.29, 0.717) is 19.5 Å². The second-order valence-corrected chi connectivity index (χ2v) is 8.66. The highest BCUT2D eigenvalue weighted by Crippen LogP contribution is 2.29. The van der Waals surface area contributed by atoms with Gasteiger partial charge < -0.3 is 9.64 Å². The standard InChI is InChI=1S/C20H19N3O4S/c21-14-16-6-2-4-8-19(16)28(25,26)23-11-9-22(10-12-23)20(24)18-13-15-5-1-3-7-17(15)27-18/h1-8,18H,9-13H2/t18-/m1/s1. The van der Waals surface area contributed by atoms with E-state index in [-0.39, 0.29) is 29.5 Å². The fourth-order valence-electron chi connectivity index (χ4n) is 3.60. The third-order valence-electron chi connectivity index (χ3n) is 5.10. The molecule has 28 heavy (non-hydrogen) atoms. The van der Waals surface area contributed by atoms with Crippen LogP contribution in [0.15, 0.2) is 53.4 Å². The van der Waals surface area contributed by atoms with Crippen molar-refractivity contribution in [1.29, 1.82) is 5.26 Å². The monoisotopic (exact) mass is 397 g/mol. The smallest absolute Gasteiger partial charge is 0.264 e. The molecule has 1 atom stereocenters. The van der Waals surface area contributed by atoms with E-state index in [9.17, 15) is 18.5 Å². The summed E-state index contributed by atoms with van der Waals surface area (Å²) >= 11 is 0. The molecule has 0 radical (unpaired) electrons. The van der Waals surface area contributed by atoms with Gasteiger partial charge in [-0.25, -0.2) is 8.42 Å². The Bertz CT molecular complexity index is 1030. The number of nitrogens with zero attached hydrogens (tertiary/aromatic N) is 3. The fraction of sp³-hybridized carbons (Fsp3) is 0.300. The normalized spacial score (nSPS) is 19.5. The third kappa shape index (κ3) is 3.23. The summed E-state index contributed by atoms with van der Waals surface area (Å²) in [5.41, 5.74) is 1.13. The van der Waals surface area contributed by atoms with E-state index in [0.717, 1.165) is 11.3 Å². The Hall–Kier alpha value is -2.89. The number of carbonyl (C=O) groups is 1. The molecule has 2 aliphatic rings. The molecule has 0 unspecified atom stereocenters. The van der Waals surface area contributed by atoms with Crippen LogP contribution in [-0.2, 0) is 21.2 Å². The van der Waals surface area contributed by atoms with Crippen molar-refractivity contribution < 1.29 is 17.9 Å². The first-order valence-corrected chi connectivity index (χ1v) is 10.5. The molecule has 4 rings (SSSR count). The molecule has 7 nitrogen and oxygen atoms in total. The molecule has 0 saturated carbocycles. The number of benzene rings is 2. The molecule has 0 bridgehead atoms. The topological polar surface area (TPSA) is 90.7 Å². The number of hydrogen-bond donors (Lipinski definition) is 0. The van der Waals surface area contributed by atoms with Gasteiger partial charge in [0.15, 0.2) is 6.10 Å². The summed E-state index contributed by atoms with van der Waals surface area (Å²) in [5, 5.41) is 9.19. The molecule has 1 amide bonds. The van der Waals surface area contributed by atoms with Crippen LogP contribution in [0.1, 0.15) is 11.1 Å². The Morgan fingerprint density at radius 2 is 1.71 bits per heavy atom. The summed E-state index contributed by atoms with van der Waals surface area (Å²) in [7, 11) is -3.78. The van der Waals surface area contributed by atoms with Crippen LogP contribution >= 0.6 is 0 Å². The van der Waals surface area contributed by atoms with E-state index in [1.165, 1.54) is 16.4 Å². The van der Waals surface area contributed by atoms with Gasteiger partial charge in [-0.3, -0.25) is 4.79 Å². The molecule has 144 valence electrons. The van der Waals surface area contributed by atoms with Crippen LogP contribution < -0.4 is 4.74 Å². The molecular formula is C20H19N3O4S. The number of ether oxygens (including phenoxy) is 1. The third-order valence-corrected chi connectivity index (χ3v) is 7.06. The molecule has 1 saturated heterocycles. The first-order chi connectivity index (χ1) is 13.5. The number of hydrogen-bond acceptors (Lipinski definition) is 5. The summed E-state index contributed by atoms with van der Waals surface area (Å²) in [6.45, 7) is 0.965. The van der Waals surface area contributed by atoms with Gasteiger partial charge in [0.2, 0.25) is 10.0 Å². The zero-order valence-corrected chi connectivity index (χ0v) is 15.9. The van der Waals surface area contributed by atoms with Gasteiger partial charge in [-0.05, 0) is 23.8 Å². The average Bonchev–Trinajstić information content (AvgIpc) is 3.17. The van der Waals surface area contributed by atoms with Crippen LogP contribution in [0, 0.1) is 11.3 Å². The van der Waals surface area contributed by atoms with Crippen molar-refractivity contribution >= 4 is 15.9 Å². The number of carbonyl (C=O) groups excluding carboxylic acids is 1. The molecule has 2 aromatic carbocycles. The maximum absolute atomic E-state index is 12.9. The van der Waals surface area contributed by atoms with Crippen molar-refractivity contribution in [3.8, 4) is 11.8 Å². The average molecular weight is 397 g/mol. The predicted octanol–water partition coefficient (Wildman–Crippen LogP) is 1.39. The summed E-state index contributed by atoms with van der Waals surface area (Å²) in [4.78, 5) is 14.4. The SMILES string of the molecule is N#Cc1ccccc1S(=O)(=O)N1CCN(C(=O)[C@H]2Cc3ccccc3O2)CC1. The summed E-state index contributed by atoms with van der Waals surface area (Å²) in [6, 6.07) is 15.7. The van der Waals surface area contributed by atoms with E-state index in [4.69, 9.17) is 4.74 Å². The number of sulfonamides is 1. The van der Waals surface area contributed by atoms with Gasteiger partial charge in [0.05, 0.1) is 10.5 Å². The van der Waals surface area contributed by atoms with Crippen LogP contribution in [0.2, 0.25) is 0 Å². The zero-order valence-electron chi connectivity index (χ0n) is 15.1. The van der Waals surface area contributed by atoms with Gasteiger partial charge in [0.25, 0.3) is 5.91 Å². The highest BCUT2D eigenvalue weighted by molar-refractivity contribution is 7.89. The lowest BCUT2D eigenvalue weighted by atomic mass is 10.1. The first kappa shape index (κ1) is 18.5. The van der Waals surface area contributed by atoms with Crippen molar-refractivity contribution in [1.82, 2.24) is 9.21 Å². The van der Waals surface area contributed by atoms with Crippen molar-refractivity contribution in [2.24, 2.45) is 0 Å². The van der Waals surface area contributed by atoms with E-state index >= 15 is 0 Å². The molecule has 0 spiro atoms. The second kappa shape index (κ2) is 7.26. The van der Waals surface area contributed by atoms with Gasteiger partial charge in [0, 0.05) is 32.6 Å². The minimum atomic E-state index is -3.78. The Labute approximate surface area is 163 Å². The zero-order chi connectivity index (χ0) is 19.7. The van der Waals surface area contributed by atoms with Gasteiger partial charge in [-0.15, -0.1) is 0 Å². The minimum absolute atomic E-state index is 0.00634. The second-order valence-electron chi connectivity index (χ2n) is 6.76. The van der Waals surface area contributed by atoms with Crippen molar-refractivity contribution in [2.75, 3.05) is 26.2 Å². The van der Waals surface area contributed by atoms with Crippen LogP contribution in [0.5, 0.6) is 5.75 Å². The molecule has 0 aromatic heterocycles. The molecule has 8 heteroatoms. The fourth-order valence-corrected chi connectivity index (χ4v) is 5.16. The molecular weight excluding hydrogens is 378 g/mol. The van der Waals surface area contributed by atoms with E-state index in [2.05, 4.69) is 0 Å². The van der Waals surface area contributed by atoms with Gasteiger partial charge in [-0.2, -0.15) is 9.57 Å². The van der Waals surface area contributed by atoms with E-state index in [1.54, 1.807) is 17.0 Å². The maximum atomic E-state index is 12.9. The van der Waals surface area contributed by atoms with Crippen LogP contribution in [0.4, 0.5) is 0 Å². The molecule has 2 heterocycles. The number of nitriles is 1. The molecule has 0 N–H and O–H groups in total. The minimum Gasteiger partial charge on any atom is -0.480 e. The number of rotatable bonds is 3. The summed E-state index contributed by atoms with van der Waals surface area (Å²) < 4.78 is 32.9. The van der Waals surface area contributed by atoms with Gasteiger partial charge in [-0.1, -0.05) is 30.3 Å². The molecule has 2 aliphatic heterocycles. The highest BCUT2D eigenvalue weighted by atomic mass is 32.2. The number of fused-ring (bicyclic) bond motifs is 1. The van der Waals surface area contributed by atoms with Crippen molar-refractivity contribution in [3.05, 3.63) is 59.7 Å². The number of amides is 1. The molecule has 0 aliphatic carbocycles. The van der Waals surface area contributed by atoms with Gasteiger partial charge >= 0.3 is 0 Å². The Morgan fingerprint density at radius 3 is 2.43 bits per heavy atom. The Balaban J connectivity index is 1.42.